The lowest BCUT2D eigenvalue weighted by molar-refractivity contribution is 0.605. The van der Waals surface area contributed by atoms with Crippen LogP contribution in [0.4, 0.5) is 17.5 Å². The Bertz CT molecular complexity index is 685. The van der Waals surface area contributed by atoms with Crippen molar-refractivity contribution in [1.29, 1.82) is 0 Å². The first-order chi connectivity index (χ1) is 12.1. The van der Waals surface area contributed by atoms with Crippen molar-refractivity contribution in [3.63, 3.8) is 0 Å². The number of piperazine rings is 1. The molecule has 0 atom stereocenters. The van der Waals surface area contributed by atoms with Gasteiger partial charge in [0.15, 0.2) is 5.82 Å². The van der Waals surface area contributed by atoms with E-state index in [9.17, 15) is 0 Å². The van der Waals surface area contributed by atoms with E-state index >= 15 is 0 Å². The second-order valence-corrected chi connectivity index (χ2v) is 7.14. The van der Waals surface area contributed by atoms with Crippen LogP contribution < -0.4 is 15.1 Å². The van der Waals surface area contributed by atoms with E-state index in [2.05, 4.69) is 50.2 Å². The maximum Gasteiger partial charge on any atom is 0.247 e. The van der Waals surface area contributed by atoms with Gasteiger partial charge in [-0.15, -0.1) is 5.10 Å². The smallest absolute Gasteiger partial charge is 0.247 e. The van der Waals surface area contributed by atoms with Crippen LogP contribution in [0, 0.1) is 5.92 Å². The van der Waals surface area contributed by atoms with Crippen LogP contribution in [0.25, 0.3) is 0 Å². The van der Waals surface area contributed by atoms with Crippen LogP contribution in [0.1, 0.15) is 20.3 Å². The zero-order valence-electron chi connectivity index (χ0n) is 14.8. The number of nitrogens with one attached hydrogen (secondary N) is 1. The zero-order valence-corrected chi connectivity index (χ0v) is 15.6. The fraction of sp³-hybridized carbons (Fsp3) is 0.500. The second-order valence-electron chi connectivity index (χ2n) is 6.70. The van der Waals surface area contributed by atoms with Crippen molar-refractivity contribution in [2.75, 3.05) is 47.8 Å². The highest BCUT2D eigenvalue weighted by Gasteiger charge is 2.20. The van der Waals surface area contributed by atoms with Gasteiger partial charge in [0.2, 0.25) is 5.95 Å². The Hall–Kier alpha value is -2.08. The van der Waals surface area contributed by atoms with Gasteiger partial charge in [-0.3, -0.25) is 0 Å². The summed E-state index contributed by atoms with van der Waals surface area (Å²) in [5.41, 5.74) is 1.16. The van der Waals surface area contributed by atoms with Crippen molar-refractivity contribution in [2.45, 2.75) is 20.3 Å². The Morgan fingerprint density at radius 3 is 2.64 bits per heavy atom. The minimum Gasteiger partial charge on any atom is -0.369 e. The Morgan fingerprint density at radius 1 is 1.16 bits per heavy atom. The van der Waals surface area contributed by atoms with E-state index in [1.807, 2.05) is 18.2 Å². The number of nitrogens with zero attached hydrogens (tertiary/aromatic N) is 5. The quantitative estimate of drug-likeness (QED) is 0.852. The number of rotatable bonds is 6. The Labute approximate surface area is 154 Å². The fourth-order valence-electron chi connectivity index (χ4n) is 2.84. The summed E-state index contributed by atoms with van der Waals surface area (Å²) in [6.45, 7) is 8.88. The van der Waals surface area contributed by atoms with Gasteiger partial charge >= 0.3 is 0 Å². The van der Waals surface area contributed by atoms with Crippen LogP contribution in [-0.2, 0) is 0 Å². The lowest BCUT2D eigenvalue weighted by Crippen LogP contribution is -2.47. The van der Waals surface area contributed by atoms with Gasteiger partial charge in [0.25, 0.3) is 0 Å². The van der Waals surface area contributed by atoms with E-state index in [0.29, 0.717) is 11.9 Å². The van der Waals surface area contributed by atoms with Crippen molar-refractivity contribution in [2.24, 2.45) is 5.92 Å². The van der Waals surface area contributed by atoms with Crippen molar-refractivity contribution in [3.8, 4) is 0 Å². The third-order valence-electron chi connectivity index (χ3n) is 4.31. The molecule has 0 aliphatic carbocycles. The zero-order chi connectivity index (χ0) is 17.6. The molecule has 7 heteroatoms. The molecule has 1 fully saturated rings. The number of benzene rings is 1. The van der Waals surface area contributed by atoms with Crippen LogP contribution in [0.3, 0.4) is 0 Å². The molecule has 0 radical (unpaired) electrons. The highest BCUT2D eigenvalue weighted by Crippen LogP contribution is 2.22. The first kappa shape index (κ1) is 17.7. The lowest BCUT2D eigenvalue weighted by Gasteiger charge is -2.36. The van der Waals surface area contributed by atoms with E-state index in [1.165, 1.54) is 0 Å². The average Bonchev–Trinajstić information content (AvgIpc) is 2.62. The molecule has 1 aliphatic heterocycles. The molecule has 25 heavy (non-hydrogen) atoms. The molecular formula is C18H25ClN6. The summed E-state index contributed by atoms with van der Waals surface area (Å²) in [5.74, 6) is 2.16. The monoisotopic (exact) mass is 360 g/mol. The summed E-state index contributed by atoms with van der Waals surface area (Å²) in [6, 6.07) is 8.00. The Kier molecular flexibility index (Phi) is 5.91. The van der Waals surface area contributed by atoms with Gasteiger partial charge < -0.3 is 15.1 Å². The molecule has 2 aromatic rings. The molecule has 2 heterocycles. The highest BCUT2D eigenvalue weighted by atomic mass is 35.5. The van der Waals surface area contributed by atoms with Crippen LogP contribution in [-0.4, -0.2) is 47.9 Å². The molecule has 3 rings (SSSR count). The molecule has 0 bridgehead atoms. The molecule has 1 aliphatic rings. The van der Waals surface area contributed by atoms with E-state index in [-0.39, 0.29) is 0 Å². The molecule has 1 saturated heterocycles. The van der Waals surface area contributed by atoms with E-state index < -0.39 is 0 Å². The maximum absolute atomic E-state index is 6.09. The number of aromatic nitrogens is 3. The van der Waals surface area contributed by atoms with Crippen molar-refractivity contribution in [1.82, 2.24) is 15.2 Å². The fourth-order valence-corrected chi connectivity index (χ4v) is 3.02. The van der Waals surface area contributed by atoms with Crippen LogP contribution >= 0.6 is 11.6 Å². The number of halogens is 1. The predicted molar refractivity (Wildman–Crippen MR) is 104 cm³/mol. The molecule has 1 N–H and O–H groups in total. The molecule has 0 saturated carbocycles. The standard InChI is InChI=1S/C18H25ClN6/c1-14(2)6-7-20-17-13-21-23-18(22-17)25-10-8-24(9-11-25)16-5-3-4-15(19)12-16/h3-5,12-14H,6-11H2,1-2H3,(H,20,22,23). The third kappa shape index (κ3) is 4.95. The Morgan fingerprint density at radius 2 is 1.92 bits per heavy atom. The van der Waals surface area contributed by atoms with E-state index in [1.54, 1.807) is 6.20 Å². The van der Waals surface area contributed by atoms with Crippen molar-refractivity contribution < 1.29 is 0 Å². The lowest BCUT2D eigenvalue weighted by atomic mass is 10.1. The first-order valence-electron chi connectivity index (χ1n) is 8.81. The third-order valence-corrected chi connectivity index (χ3v) is 4.55. The first-order valence-corrected chi connectivity index (χ1v) is 9.18. The largest absolute Gasteiger partial charge is 0.369 e. The van der Waals surface area contributed by atoms with Gasteiger partial charge in [0.1, 0.15) is 0 Å². The van der Waals surface area contributed by atoms with Gasteiger partial charge in [0, 0.05) is 43.4 Å². The molecule has 0 spiro atoms. The van der Waals surface area contributed by atoms with Gasteiger partial charge in [-0.25, -0.2) is 0 Å². The highest BCUT2D eigenvalue weighted by molar-refractivity contribution is 6.30. The number of anilines is 3. The molecule has 6 nitrogen and oxygen atoms in total. The summed E-state index contributed by atoms with van der Waals surface area (Å²) in [7, 11) is 0. The predicted octanol–water partition coefficient (Wildman–Crippen LogP) is 3.31. The molecule has 1 aromatic carbocycles. The summed E-state index contributed by atoms with van der Waals surface area (Å²) in [5, 5.41) is 12.4. The molecular weight excluding hydrogens is 336 g/mol. The summed E-state index contributed by atoms with van der Waals surface area (Å²) in [6.07, 6.45) is 2.80. The minimum atomic E-state index is 0.668. The second kappa shape index (κ2) is 8.34. The van der Waals surface area contributed by atoms with Crippen LogP contribution in [0.15, 0.2) is 30.5 Å². The van der Waals surface area contributed by atoms with E-state index in [0.717, 1.165) is 55.7 Å². The van der Waals surface area contributed by atoms with Gasteiger partial charge in [-0.05, 0) is 30.5 Å². The summed E-state index contributed by atoms with van der Waals surface area (Å²) >= 11 is 6.09. The average molecular weight is 361 g/mol. The van der Waals surface area contributed by atoms with Crippen molar-refractivity contribution >= 4 is 29.1 Å². The minimum absolute atomic E-state index is 0.668. The molecule has 1 aromatic heterocycles. The van der Waals surface area contributed by atoms with Crippen LogP contribution in [0.2, 0.25) is 5.02 Å². The van der Waals surface area contributed by atoms with Crippen LogP contribution in [0.5, 0.6) is 0 Å². The number of hydrogen-bond acceptors (Lipinski definition) is 6. The SMILES string of the molecule is CC(C)CCNc1cnnc(N2CCN(c3cccc(Cl)c3)CC2)n1. The van der Waals surface area contributed by atoms with Crippen molar-refractivity contribution in [3.05, 3.63) is 35.5 Å². The molecule has 0 amide bonds. The van der Waals surface area contributed by atoms with E-state index in [4.69, 9.17) is 11.6 Å². The Balaban J connectivity index is 1.57. The normalized spacial score (nSPS) is 14.9. The van der Waals surface area contributed by atoms with Gasteiger partial charge in [0.05, 0.1) is 6.20 Å². The summed E-state index contributed by atoms with van der Waals surface area (Å²) in [4.78, 5) is 9.12. The summed E-state index contributed by atoms with van der Waals surface area (Å²) < 4.78 is 0. The maximum atomic E-state index is 6.09. The molecule has 0 unspecified atom stereocenters. The van der Waals surface area contributed by atoms with Gasteiger partial charge in [-0.1, -0.05) is 31.5 Å². The number of hydrogen-bond donors (Lipinski definition) is 1. The topological polar surface area (TPSA) is 57.2 Å². The van der Waals surface area contributed by atoms with Gasteiger partial charge in [-0.2, -0.15) is 10.1 Å². The molecule has 134 valence electrons.